The topological polar surface area (TPSA) is 86.7 Å². The van der Waals surface area contributed by atoms with E-state index < -0.39 is 33.8 Å². The number of amides is 1. The Morgan fingerprint density at radius 2 is 1.66 bits per heavy atom. The zero-order valence-corrected chi connectivity index (χ0v) is 18.3. The number of aliphatic hydroxyl groups excluding tert-OH is 1. The summed E-state index contributed by atoms with van der Waals surface area (Å²) in [5.41, 5.74) is 0.562. The second-order valence-corrected chi connectivity index (χ2v) is 9.85. The minimum Gasteiger partial charge on any atom is -0.383 e. The molecule has 2 aromatic carbocycles. The van der Waals surface area contributed by atoms with Gasteiger partial charge in [0.25, 0.3) is 0 Å². The molecule has 0 saturated carbocycles. The molecule has 174 valence electrons. The summed E-state index contributed by atoms with van der Waals surface area (Å²) < 4.78 is 64.8. The predicted molar refractivity (Wildman–Crippen MR) is 112 cm³/mol. The van der Waals surface area contributed by atoms with Crippen molar-refractivity contribution in [3.05, 3.63) is 65.2 Å². The van der Waals surface area contributed by atoms with Crippen molar-refractivity contribution in [1.29, 1.82) is 0 Å². The lowest BCUT2D eigenvalue weighted by Gasteiger charge is -2.32. The van der Waals surface area contributed by atoms with Gasteiger partial charge in [0.15, 0.2) is 0 Å². The van der Waals surface area contributed by atoms with E-state index >= 15 is 0 Å². The fourth-order valence-corrected chi connectivity index (χ4v) is 5.01. The van der Waals surface area contributed by atoms with Gasteiger partial charge in [-0.05, 0) is 49.6 Å². The lowest BCUT2D eigenvalue weighted by Crippen LogP contribution is -2.49. The summed E-state index contributed by atoms with van der Waals surface area (Å²) in [6.07, 6.45) is -5.20. The molecule has 2 N–H and O–H groups in total. The number of aliphatic hydroxyl groups is 1. The molecule has 1 atom stereocenters. The lowest BCUT2D eigenvalue weighted by molar-refractivity contribution is -0.137. The average Bonchev–Trinajstić information content (AvgIpc) is 2.74. The van der Waals surface area contributed by atoms with Crippen LogP contribution < -0.4 is 5.32 Å². The fourth-order valence-electron chi connectivity index (χ4n) is 3.54. The molecule has 2 aromatic rings. The van der Waals surface area contributed by atoms with Crippen molar-refractivity contribution in [2.75, 3.05) is 13.1 Å². The molecule has 10 heteroatoms. The van der Waals surface area contributed by atoms with Gasteiger partial charge < -0.3 is 10.4 Å². The molecule has 1 saturated heterocycles. The molecule has 1 unspecified atom stereocenters. The van der Waals surface area contributed by atoms with E-state index in [9.17, 15) is 31.5 Å². The van der Waals surface area contributed by atoms with Crippen LogP contribution in [0.3, 0.4) is 0 Å². The van der Waals surface area contributed by atoms with Gasteiger partial charge >= 0.3 is 6.18 Å². The third-order valence-corrected chi connectivity index (χ3v) is 7.38. The van der Waals surface area contributed by atoms with Crippen molar-refractivity contribution in [2.24, 2.45) is 0 Å². The molecule has 1 aliphatic heterocycles. The molecule has 1 fully saturated rings. The van der Waals surface area contributed by atoms with Gasteiger partial charge in [-0.25, -0.2) is 8.42 Å². The van der Waals surface area contributed by atoms with Crippen molar-refractivity contribution in [3.8, 4) is 0 Å². The van der Waals surface area contributed by atoms with E-state index in [1.165, 1.54) is 16.4 Å². The number of rotatable bonds is 6. The number of carbonyl (C=O) groups is 1. The van der Waals surface area contributed by atoms with Crippen LogP contribution >= 0.6 is 0 Å². The first-order chi connectivity index (χ1) is 15.0. The molecule has 6 nitrogen and oxygen atoms in total. The van der Waals surface area contributed by atoms with E-state index in [2.05, 4.69) is 5.32 Å². The standard InChI is InChI=1S/C22H25F3N2O4S/c1-15-2-8-19(9-3-15)32(30,31)27-12-10-18(11-13-27)26-21(29)20(28)14-16-4-6-17(7-5-16)22(23,24)25/h2-9,18,20,28H,10-14H2,1H3,(H,26,29). The Labute approximate surface area is 185 Å². The summed E-state index contributed by atoms with van der Waals surface area (Å²) in [4.78, 5) is 12.5. The summed E-state index contributed by atoms with van der Waals surface area (Å²) in [6, 6.07) is 10.6. The smallest absolute Gasteiger partial charge is 0.383 e. The van der Waals surface area contributed by atoms with Gasteiger partial charge in [0.2, 0.25) is 15.9 Å². The van der Waals surface area contributed by atoms with Gasteiger partial charge in [0.05, 0.1) is 10.5 Å². The van der Waals surface area contributed by atoms with Gasteiger partial charge in [-0.15, -0.1) is 0 Å². The number of nitrogens with one attached hydrogen (secondary N) is 1. The molecular weight excluding hydrogens is 445 g/mol. The lowest BCUT2D eigenvalue weighted by atomic mass is 10.0. The first kappa shape index (κ1) is 24.2. The van der Waals surface area contributed by atoms with Crippen LogP contribution in [0.4, 0.5) is 13.2 Å². The summed E-state index contributed by atoms with van der Waals surface area (Å²) >= 11 is 0. The maximum atomic E-state index is 12.8. The molecule has 1 amide bonds. The van der Waals surface area contributed by atoms with E-state index in [0.29, 0.717) is 18.4 Å². The Balaban J connectivity index is 1.51. The number of nitrogens with zero attached hydrogens (tertiary/aromatic N) is 1. The van der Waals surface area contributed by atoms with Gasteiger partial charge in [-0.3, -0.25) is 4.79 Å². The van der Waals surface area contributed by atoms with E-state index in [4.69, 9.17) is 0 Å². The number of aryl methyl sites for hydroxylation is 1. The zero-order valence-electron chi connectivity index (χ0n) is 17.5. The maximum absolute atomic E-state index is 12.8. The van der Waals surface area contributed by atoms with Gasteiger partial charge in [-0.1, -0.05) is 29.8 Å². The Hall–Kier alpha value is -2.43. The van der Waals surface area contributed by atoms with E-state index in [1.807, 2.05) is 6.92 Å². The van der Waals surface area contributed by atoms with Crippen LogP contribution in [-0.4, -0.2) is 49.0 Å². The second kappa shape index (κ2) is 9.60. The van der Waals surface area contributed by atoms with Crippen molar-refractivity contribution >= 4 is 15.9 Å². The molecule has 0 aliphatic carbocycles. The highest BCUT2D eigenvalue weighted by Gasteiger charge is 2.32. The SMILES string of the molecule is Cc1ccc(S(=O)(=O)N2CCC(NC(=O)C(O)Cc3ccc(C(F)(F)F)cc3)CC2)cc1. The number of alkyl halides is 3. The van der Waals surface area contributed by atoms with E-state index in [1.54, 1.807) is 24.3 Å². The number of carbonyl (C=O) groups excluding carboxylic acids is 1. The quantitative estimate of drug-likeness (QED) is 0.680. The molecule has 0 bridgehead atoms. The second-order valence-electron chi connectivity index (χ2n) is 7.91. The maximum Gasteiger partial charge on any atom is 0.416 e. The van der Waals surface area contributed by atoms with Crippen molar-refractivity contribution in [3.63, 3.8) is 0 Å². The average molecular weight is 471 g/mol. The van der Waals surface area contributed by atoms with Gasteiger partial charge in [0, 0.05) is 25.6 Å². The number of piperidine rings is 1. The van der Waals surface area contributed by atoms with Crippen LogP contribution in [0, 0.1) is 6.92 Å². The highest BCUT2D eigenvalue weighted by molar-refractivity contribution is 7.89. The molecule has 1 heterocycles. The normalized spacial score (nSPS) is 17.2. The molecular formula is C22H25F3N2O4S. The fraction of sp³-hybridized carbons (Fsp3) is 0.409. The van der Waals surface area contributed by atoms with Gasteiger partial charge in [-0.2, -0.15) is 17.5 Å². The minimum absolute atomic E-state index is 0.120. The predicted octanol–water partition coefficient (Wildman–Crippen LogP) is 2.89. The first-order valence-corrected chi connectivity index (χ1v) is 11.6. The monoisotopic (exact) mass is 470 g/mol. The Bertz CT molecular complexity index is 1030. The molecule has 3 rings (SSSR count). The molecule has 32 heavy (non-hydrogen) atoms. The number of benzene rings is 2. The number of sulfonamides is 1. The minimum atomic E-state index is -4.45. The van der Waals surface area contributed by atoms with Crippen molar-refractivity contribution < 1.29 is 31.5 Å². The third kappa shape index (κ3) is 5.87. The van der Waals surface area contributed by atoms with Crippen LogP contribution in [0.15, 0.2) is 53.4 Å². The Morgan fingerprint density at radius 3 is 2.19 bits per heavy atom. The summed E-state index contributed by atoms with van der Waals surface area (Å²) in [7, 11) is -3.61. The van der Waals surface area contributed by atoms with Crippen LogP contribution in [0.25, 0.3) is 0 Å². The van der Waals surface area contributed by atoms with Crippen LogP contribution in [0.1, 0.15) is 29.5 Å². The first-order valence-electron chi connectivity index (χ1n) is 10.2. The highest BCUT2D eigenvalue weighted by atomic mass is 32.2. The number of hydrogen-bond donors (Lipinski definition) is 2. The number of hydrogen-bond acceptors (Lipinski definition) is 4. The van der Waals surface area contributed by atoms with Crippen LogP contribution in [0.2, 0.25) is 0 Å². The summed E-state index contributed by atoms with van der Waals surface area (Å²) in [5.74, 6) is -0.635. The van der Waals surface area contributed by atoms with Crippen LogP contribution in [0.5, 0.6) is 0 Å². The summed E-state index contributed by atoms with van der Waals surface area (Å²) in [6.45, 7) is 2.34. The number of halogens is 3. The van der Waals surface area contributed by atoms with Crippen molar-refractivity contribution in [2.45, 2.75) is 49.4 Å². The molecule has 0 aromatic heterocycles. The molecule has 1 aliphatic rings. The zero-order chi connectivity index (χ0) is 23.5. The highest BCUT2D eigenvalue weighted by Crippen LogP contribution is 2.29. The van der Waals surface area contributed by atoms with Gasteiger partial charge in [0.1, 0.15) is 6.10 Å². The van der Waals surface area contributed by atoms with E-state index in [-0.39, 0.29) is 30.4 Å². The Morgan fingerprint density at radius 1 is 1.09 bits per heavy atom. The van der Waals surface area contributed by atoms with Crippen LogP contribution in [-0.2, 0) is 27.4 Å². The third-order valence-electron chi connectivity index (χ3n) is 5.47. The van der Waals surface area contributed by atoms with Crippen molar-refractivity contribution in [1.82, 2.24) is 9.62 Å². The largest absolute Gasteiger partial charge is 0.416 e. The Kier molecular flexibility index (Phi) is 7.26. The molecule has 0 radical (unpaired) electrons. The molecule has 0 spiro atoms. The summed E-state index contributed by atoms with van der Waals surface area (Å²) in [5, 5.41) is 12.8. The van der Waals surface area contributed by atoms with E-state index in [0.717, 1.165) is 17.7 Å².